The second-order valence-electron chi connectivity index (χ2n) is 5.15. The SMILES string of the molecule is Cc1cc(C(=O)NCC2(O)CCCCC2)ccn1. The largest absolute Gasteiger partial charge is 0.388 e. The standard InChI is InChI=1S/C14H20N2O2/c1-11-9-12(5-8-15-11)13(17)16-10-14(18)6-3-2-4-7-14/h5,8-9,18H,2-4,6-7,10H2,1H3,(H,16,17). The van der Waals surface area contributed by atoms with Gasteiger partial charge in [0.05, 0.1) is 5.60 Å². The number of hydrogen-bond donors (Lipinski definition) is 2. The van der Waals surface area contributed by atoms with Crippen molar-refractivity contribution in [1.29, 1.82) is 0 Å². The number of rotatable bonds is 3. The van der Waals surface area contributed by atoms with E-state index in [4.69, 9.17) is 0 Å². The zero-order valence-corrected chi connectivity index (χ0v) is 10.8. The molecule has 1 heterocycles. The second-order valence-corrected chi connectivity index (χ2v) is 5.15. The van der Waals surface area contributed by atoms with Crippen LogP contribution in [0.4, 0.5) is 0 Å². The van der Waals surface area contributed by atoms with Crippen molar-refractivity contribution in [3.05, 3.63) is 29.6 Å². The van der Waals surface area contributed by atoms with Gasteiger partial charge in [-0.3, -0.25) is 9.78 Å². The number of aromatic nitrogens is 1. The zero-order valence-electron chi connectivity index (χ0n) is 10.8. The number of amides is 1. The number of aliphatic hydroxyl groups is 1. The van der Waals surface area contributed by atoms with Gasteiger partial charge in [-0.05, 0) is 31.9 Å². The molecule has 4 heteroatoms. The Morgan fingerprint density at radius 2 is 2.17 bits per heavy atom. The minimum absolute atomic E-state index is 0.139. The molecule has 1 aromatic rings. The summed E-state index contributed by atoms with van der Waals surface area (Å²) in [6.45, 7) is 2.19. The van der Waals surface area contributed by atoms with Gasteiger partial charge in [0.25, 0.3) is 5.91 Å². The highest BCUT2D eigenvalue weighted by molar-refractivity contribution is 5.94. The van der Waals surface area contributed by atoms with Crippen LogP contribution in [-0.2, 0) is 0 Å². The second kappa shape index (κ2) is 5.48. The van der Waals surface area contributed by atoms with Gasteiger partial charge in [0.15, 0.2) is 0 Å². The lowest BCUT2D eigenvalue weighted by molar-refractivity contribution is 0.00525. The van der Waals surface area contributed by atoms with E-state index in [1.54, 1.807) is 18.3 Å². The zero-order chi connectivity index (χ0) is 13.0. The van der Waals surface area contributed by atoms with Crippen LogP contribution in [0.3, 0.4) is 0 Å². The average Bonchev–Trinajstić information content (AvgIpc) is 2.37. The molecule has 1 fully saturated rings. The molecule has 18 heavy (non-hydrogen) atoms. The third-order valence-corrected chi connectivity index (χ3v) is 3.52. The highest BCUT2D eigenvalue weighted by Gasteiger charge is 2.29. The number of aryl methyl sites for hydroxylation is 1. The minimum Gasteiger partial charge on any atom is -0.388 e. The fourth-order valence-corrected chi connectivity index (χ4v) is 2.42. The van der Waals surface area contributed by atoms with Crippen molar-refractivity contribution in [2.75, 3.05) is 6.54 Å². The Balaban J connectivity index is 1.92. The number of nitrogens with one attached hydrogen (secondary N) is 1. The van der Waals surface area contributed by atoms with Crippen LogP contribution in [-0.4, -0.2) is 28.1 Å². The average molecular weight is 248 g/mol. The first-order chi connectivity index (χ1) is 8.59. The molecule has 0 aliphatic heterocycles. The maximum absolute atomic E-state index is 11.9. The summed E-state index contributed by atoms with van der Waals surface area (Å²) in [5.41, 5.74) is 0.705. The predicted octanol–water partition coefficient (Wildman–Crippen LogP) is 1.82. The number of nitrogens with zero attached hydrogens (tertiary/aromatic N) is 1. The number of carbonyl (C=O) groups excluding carboxylic acids is 1. The van der Waals surface area contributed by atoms with E-state index in [2.05, 4.69) is 10.3 Å². The van der Waals surface area contributed by atoms with Gasteiger partial charge in [-0.2, -0.15) is 0 Å². The molecule has 1 saturated carbocycles. The Kier molecular flexibility index (Phi) is 3.97. The van der Waals surface area contributed by atoms with Gasteiger partial charge in [-0.1, -0.05) is 19.3 Å². The van der Waals surface area contributed by atoms with Gasteiger partial charge in [-0.15, -0.1) is 0 Å². The number of hydrogen-bond acceptors (Lipinski definition) is 3. The molecule has 1 aromatic heterocycles. The summed E-state index contributed by atoms with van der Waals surface area (Å²) in [4.78, 5) is 16.0. The number of carbonyl (C=O) groups is 1. The van der Waals surface area contributed by atoms with Crippen LogP contribution in [0.25, 0.3) is 0 Å². The van der Waals surface area contributed by atoms with Crippen LogP contribution in [0.1, 0.15) is 48.2 Å². The third-order valence-electron chi connectivity index (χ3n) is 3.52. The van der Waals surface area contributed by atoms with Crippen LogP contribution >= 0.6 is 0 Å². The van der Waals surface area contributed by atoms with Crippen LogP contribution in [0.5, 0.6) is 0 Å². The van der Waals surface area contributed by atoms with Gasteiger partial charge >= 0.3 is 0 Å². The molecule has 1 amide bonds. The van der Waals surface area contributed by atoms with Gasteiger partial charge < -0.3 is 10.4 Å². The third kappa shape index (κ3) is 3.29. The Bertz CT molecular complexity index is 426. The van der Waals surface area contributed by atoms with E-state index in [1.807, 2.05) is 6.92 Å². The summed E-state index contributed by atoms with van der Waals surface area (Å²) in [5.74, 6) is -0.139. The number of pyridine rings is 1. The molecule has 98 valence electrons. The van der Waals surface area contributed by atoms with Gasteiger partial charge in [0.2, 0.25) is 0 Å². The smallest absolute Gasteiger partial charge is 0.251 e. The molecule has 1 aliphatic rings. The fourth-order valence-electron chi connectivity index (χ4n) is 2.42. The summed E-state index contributed by atoms with van der Waals surface area (Å²) < 4.78 is 0. The summed E-state index contributed by atoms with van der Waals surface area (Å²) in [5, 5.41) is 13.1. The maximum atomic E-state index is 11.9. The van der Waals surface area contributed by atoms with Crippen molar-refractivity contribution in [2.24, 2.45) is 0 Å². The monoisotopic (exact) mass is 248 g/mol. The van der Waals surface area contributed by atoms with E-state index in [0.717, 1.165) is 31.4 Å². The summed E-state index contributed by atoms with van der Waals surface area (Å²) in [6, 6.07) is 3.44. The first-order valence-electron chi connectivity index (χ1n) is 6.52. The van der Waals surface area contributed by atoms with Crippen molar-refractivity contribution in [3.8, 4) is 0 Å². The van der Waals surface area contributed by atoms with Crippen molar-refractivity contribution >= 4 is 5.91 Å². The van der Waals surface area contributed by atoms with Crippen molar-refractivity contribution in [2.45, 2.75) is 44.6 Å². The molecule has 0 spiro atoms. The van der Waals surface area contributed by atoms with E-state index in [0.29, 0.717) is 12.1 Å². The van der Waals surface area contributed by atoms with Crippen molar-refractivity contribution in [1.82, 2.24) is 10.3 Å². The van der Waals surface area contributed by atoms with E-state index >= 15 is 0 Å². The maximum Gasteiger partial charge on any atom is 0.251 e. The van der Waals surface area contributed by atoms with E-state index in [-0.39, 0.29) is 5.91 Å². The molecular weight excluding hydrogens is 228 g/mol. The molecule has 0 bridgehead atoms. The molecule has 0 aromatic carbocycles. The van der Waals surface area contributed by atoms with Gasteiger partial charge in [0, 0.05) is 24.0 Å². The Morgan fingerprint density at radius 1 is 1.44 bits per heavy atom. The first kappa shape index (κ1) is 13.0. The molecule has 2 N–H and O–H groups in total. The first-order valence-corrected chi connectivity index (χ1v) is 6.52. The normalized spacial score (nSPS) is 18.3. The molecule has 0 saturated heterocycles. The molecule has 1 aliphatic carbocycles. The van der Waals surface area contributed by atoms with Crippen LogP contribution in [0, 0.1) is 6.92 Å². The molecule has 4 nitrogen and oxygen atoms in total. The Morgan fingerprint density at radius 3 is 2.83 bits per heavy atom. The minimum atomic E-state index is -0.712. The lowest BCUT2D eigenvalue weighted by atomic mass is 9.85. The van der Waals surface area contributed by atoms with E-state index in [9.17, 15) is 9.90 Å². The predicted molar refractivity (Wildman–Crippen MR) is 69.3 cm³/mol. The highest BCUT2D eigenvalue weighted by atomic mass is 16.3. The quantitative estimate of drug-likeness (QED) is 0.857. The summed E-state index contributed by atoms with van der Waals surface area (Å²) >= 11 is 0. The Labute approximate surface area is 107 Å². The summed E-state index contributed by atoms with van der Waals surface area (Å²) in [7, 11) is 0. The van der Waals surface area contributed by atoms with Crippen molar-refractivity contribution in [3.63, 3.8) is 0 Å². The highest BCUT2D eigenvalue weighted by Crippen LogP contribution is 2.27. The van der Waals surface area contributed by atoms with E-state index in [1.165, 1.54) is 6.42 Å². The lowest BCUT2D eigenvalue weighted by Gasteiger charge is -2.32. The molecule has 2 rings (SSSR count). The molecule has 0 unspecified atom stereocenters. The van der Waals surface area contributed by atoms with Gasteiger partial charge in [0.1, 0.15) is 0 Å². The van der Waals surface area contributed by atoms with Gasteiger partial charge in [-0.25, -0.2) is 0 Å². The molecule has 0 radical (unpaired) electrons. The van der Waals surface area contributed by atoms with Crippen LogP contribution < -0.4 is 5.32 Å². The lowest BCUT2D eigenvalue weighted by Crippen LogP contribution is -2.44. The van der Waals surface area contributed by atoms with Crippen LogP contribution in [0.2, 0.25) is 0 Å². The van der Waals surface area contributed by atoms with Crippen LogP contribution in [0.15, 0.2) is 18.3 Å². The van der Waals surface area contributed by atoms with Crippen molar-refractivity contribution < 1.29 is 9.90 Å². The summed E-state index contributed by atoms with van der Waals surface area (Å²) in [6.07, 6.45) is 6.45. The topological polar surface area (TPSA) is 62.2 Å². The van der Waals surface area contributed by atoms with E-state index < -0.39 is 5.60 Å². The molecular formula is C14H20N2O2. The molecule has 0 atom stereocenters. The fraction of sp³-hybridized carbons (Fsp3) is 0.571. The Hall–Kier alpha value is -1.42.